The molecule has 0 bridgehead atoms. The van der Waals surface area contributed by atoms with Crippen LogP contribution in [-0.2, 0) is 17.5 Å². The van der Waals surface area contributed by atoms with Gasteiger partial charge in [-0.2, -0.15) is 23.5 Å². The zero-order chi connectivity index (χ0) is 22.8. The van der Waals surface area contributed by atoms with Gasteiger partial charge in [-0.1, -0.05) is 35.3 Å². The number of aromatic nitrogens is 2. The third-order valence-electron chi connectivity index (χ3n) is 4.58. The standard InChI is InChI=1S/C21H15Cl2F3N4O/c1-12(13-5-6-14(10-27)18(23)7-13)20(31)28-11-17-9-19(21(24,25)26)29-30(17)16-4-2-3-15(22)8-16/h2-9,12H,11H2,1H3,(H,28,31). The van der Waals surface area contributed by atoms with Crippen molar-refractivity contribution in [1.29, 1.82) is 5.26 Å². The summed E-state index contributed by atoms with van der Waals surface area (Å²) in [6, 6.07) is 13.7. The number of nitrogens with zero attached hydrogens (tertiary/aromatic N) is 3. The summed E-state index contributed by atoms with van der Waals surface area (Å²) in [5.41, 5.74) is 0.236. The smallest absolute Gasteiger partial charge is 0.350 e. The molecule has 1 aromatic heterocycles. The lowest BCUT2D eigenvalue weighted by Gasteiger charge is -2.14. The highest BCUT2D eigenvalue weighted by molar-refractivity contribution is 6.31. The summed E-state index contributed by atoms with van der Waals surface area (Å²) in [6.45, 7) is 1.44. The largest absolute Gasteiger partial charge is 0.435 e. The molecule has 0 saturated heterocycles. The number of rotatable bonds is 5. The van der Waals surface area contributed by atoms with Crippen LogP contribution in [0.25, 0.3) is 5.69 Å². The molecule has 1 atom stereocenters. The van der Waals surface area contributed by atoms with Gasteiger partial charge in [-0.3, -0.25) is 4.79 Å². The minimum Gasteiger partial charge on any atom is -0.350 e. The molecule has 10 heteroatoms. The number of benzene rings is 2. The Morgan fingerprint density at radius 3 is 2.58 bits per heavy atom. The molecule has 0 saturated carbocycles. The van der Waals surface area contributed by atoms with E-state index in [-0.39, 0.29) is 22.8 Å². The number of carbonyl (C=O) groups excluding carboxylic acids is 1. The second kappa shape index (κ2) is 9.00. The fraction of sp³-hybridized carbons (Fsp3) is 0.190. The molecular formula is C21H15Cl2F3N4O. The van der Waals surface area contributed by atoms with Crippen molar-refractivity contribution in [2.75, 3.05) is 0 Å². The van der Waals surface area contributed by atoms with E-state index in [2.05, 4.69) is 10.4 Å². The highest BCUT2D eigenvalue weighted by Gasteiger charge is 2.35. The Morgan fingerprint density at radius 2 is 1.97 bits per heavy atom. The highest BCUT2D eigenvalue weighted by atomic mass is 35.5. The zero-order valence-electron chi connectivity index (χ0n) is 16.0. The molecule has 0 aliphatic heterocycles. The molecule has 0 fully saturated rings. The molecule has 1 N–H and O–H groups in total. The second-order valence-corrected chi connectivity index (χ2v) is 7.54. The fourth-order valence-electron chi connectivity index (χ4n) is 2.89. The summed E-state index contributed by atoms with van der Waals surface area (Å²) in [6.07, 6.45) is -4.64. The van der Waals surface area contributed by atoms with Gasteiger partial charge in [0.15, 0.2) is 5.69 Å². The molecular weight excluding hydrogens is 452 g/mol. The van der Waals surface area contributed by atoms with Gasteiger partial charge in [0.1, 0.15) is 6.07 Å². The van der Waals surface area contributed by atoms with E-state index in [1.807, 2.05) is 6.07 Å². The number of carbonyl (C=O) groups is 1. The molecule has 2 aromatic carbocycles. The van der Waals surface area contributed by atoms with Gasteiger partial charge in [-0.25, -0.2) is 4.68 Å². The molecule has 0 radical (unpaired) electrons. The van der Waals surface area contributed by atoms with Gasteiger partial charge >= 0.3 is 6.18 Å². The molecule has 1 unspecified atom stereocenters. The predicted octanol–water partition coefficient (Wildman–Crippen LogP) is 5.49. The van der Waals surface area contributed by atoms with Crippen LogP contribution in [0.1, 0.15) is 35.4 Å². The summed E-state index contributed by atoms with van der Waals surface area (Å²) >= 11 is 12.0. The van der Waals surface area contributed by atoms with Crippen LogP contribution in [0.4, 0.5) is 13.2 Å². The van der Waals surface area contributed by atoms with Gasteiger partial charge in [0.05, 0.1) is 34.4 Å². The van der Waals surface area contributed by atoms with Crippen LogP contribution >= 0.6 is 23.2 Å². The van der Waals surface area contributed by atoms with Crippen LogP contribution in [0, 0.1) is 11.3 Å². The van der Waals surface area contributed by atoms with Crippen LogP contribution in [-0.4, -0.2) is 15.7 Å². The number of nitriles is 1. The zero-order valence-corrected chi connectivity index (χ0v) is 17.6. The maximum absolute atomic E-state index is 13.2. The lowest BCUT2D eigenvalue weighted by molar-refractivity contribution is -0.141. The number of amides is 1. The molecule has 0 spiro atoms. The maximum Gasteiger partial charge on any atom is 0.435 e. The van der Waals surface area contributed by atoms with Gasteiger partial charge in [-0.15, -0.1) is 0 Å². The van der Waals surface area contributed by atoms with Gasteiger partial charge < -0.3 is 5.32 Å². The minimum absolute atomic E-state index is 0.132. The van der Waals surface area contributed by atoms with Crippen LogP contribution in [0.15, 0.2) is 48.5 Å². The summed E-state index contributed by atoms with van der Waals surface area (Å²) in [5, 5.41) is 15.8. The molecule has 3 aromatic rings. The third-order valence-corrected chi connectivity index (χ3v) is 5.12. The normalized spacial score (nSPS) is 12.3. The predicted molar refractivity (Wildman–Crippen MR) is 110 cm³/mol. The summed E-state index contributed by atoms with van der Waals surface area (Å²) in [4.78, 5) is 12.6. The van der Waals surface area contributed by atoms with E-state index in [1.165, 1.54) is 18.2 Å². The first-order valence-corrected chi connectivity index (χ1v) is 9.75. The molecule has 3 rings (SSSR count). The summed E-state index contributed by atoms with van der Waals surface area (Å²) < 4.78 is 40.7. The Hall–Kier alpha value is -3.02. The molecule has 0 aliphatic carbocycles. The number of hydrogen-bond acceptors (Lipinski definition) is 3. The fourth-order valence-corrected chi connectivity index (χ4v) is 3.30. The van der Waals surface area contributed by atoms with Crippen molar-refractivity contribution in [3.63, 3.8) is 0 Å². The van der Waals surface area contributed by atoms with Crippen LogP contribution in [0.3, 0.4) is 0 Å². The third kappa shape index (κ3) is 5.19. The Morgan fingerprint density at radius 1 is 1.23 bits per heavy atom. The van der Waals surface area contributed by atoms with E-state index in [0.29, 0.717) is 16.3 Å². The molecule has 5 nitrogen and oxygen atoms in total. The van der Waals surface area contributed by atoms with Crippen molar-refractivity contribution >= 4 is 29.1 Å². The lowest BCUT2D eigenvalue weighted by atomic mass is 9.99. The minimum atomic E-state index is -4.64. The number of hydrogen-bond donors (Lipinski definition) is 1. The summed E-state index contributed by atoms with van der Waals surface area (Å²) in [7, 11) is 0. The van der Waals surface area contributed by atoms with Crippen molar-refractivity contribution in [2.24, 2.45) is 0 Å². The van der Waals surface area contributed by atoms with Crippen LogP contribution in [0.5, 0.6) is 0 Å². The lowest BCUT2D eigenvalue weighted by Crippen LogP contribution is -2.28. The first kappa shape index (κ1) is 22.7. The number of nitrogens with one attached hydrogen (secondary N) is 1. The average molecular weight is 467 g/mol. The molecule has 0 aliphatic rings. The van der Waals surface area contributed by atoms with Gasteiger partial charge in [0.2, 0.25) is 5.91 Å². The first-order valence-electron chi connectivity index (χ1n) is 8.99. The Bertz CT molecular complexity index is 1170. The number of alkyl halides is 3. The summed E-state index contributed by atoms with van der Waals surface area (Å²) in [5.74, 6) is -1.07. The van der Waals surface area contributed by atoms with E-state index >= 15 is 0 Å². The van der Waals surface area contributed by atoms with Gasteiger partial charge in [-0.05, 0) is 48.9 Å². The van der Waals surface area contributed by atoms with E-state index in [9.17, 15) is 18.0 Å². The van der Waals surface area contributed by atoms with Crippen LogP contribution < -0.4 is 5.32 Å². The van der Waals surface area contributed by atoms with E-state index < -0.39 is 23.7 Å². The molecule has 1 heterocycles. The van der Waals surface area contributed by atoms with Crippen molar-refractivity contribution < 1.29 is 18.0 Å². The quantitative estimate of drug-likeness (QED) is 0.540. The second-order valence-electron chi connectivity index (χ2n) is 6.70. The van der Waals surface area contributed by atoms with Crippen molar-refractivity contribution in [3.8, 4) is 11.8 Å². The van der Waals surface area contributed by atoms with Gasteiger partial charge in [0.25, 0.3) is 0 Å². The Balaban J connectivity index is 1.83. The molecule has 160 valence electrons. The molecule has 1 amide bonds. The molecule has 31 heavy (non-hydrogen) atoms. The number of halogens is 5. The highest BCUT2D eigenvalue weighted by Crippen LogP contribution is 2.30. The Kier molecular flexibility index (Phi) is 6.58. The van der Waals surface area contributed by atoms with Crippen LogP contribution in [0.2, 0.25) is 10.0 Å². The van der Waals surface area contributed by atoms with E-state index in [0.717, 1.165) is 10.7 Å². The van der Waals surface area contributed by atoms with Gasteiger partial charge in [0, 0.05) is 5.02 Å². The van der Waals surface area contributed by atoms with Crippen molar-refractivity contribution in [2.45, 2.75) is 25.6 Å². The monoisotopic (exact) mass is 466 g/mol. The topological polar surface area (TPSA) is 70.7 Å². The van der Waals surface area contributed by atoms with Crippen molar-refractivity contribution in [3.05, 3.63) is 81.1 Å². The average Bonchev–Trinajstić information content (AvgIpc) is 3.16. The first-order chi connectivity index (χ1) is 14.6. The van der Waals surface area contributed by atoms with Crippen molar-refractivity contribution in [1.82, 2.24) is 15.1 Å². The Labute approximate surface area is 186 Å². The van der Waals surface area contributed by atoms with E-state index in [1.54, 1.807) is 31.2 Å². The maximum atomic E-state index is 13.2. The SMILES string of the molecule is CC(C(=O)NCc1cc(C(F)(F)F)nn1-c1cccc(Cl)c1)c1ccc(C#N)c(Cl)c1. The van der Waals surface area contributed by atoms with E-state index in [4.69, 9.17) is 28.5 Å².